The fourth-order valence-electron chi connectivity index (χ4n) is 3.44. The molecule has 0 aromatic heterocycles. The lowest BCUT2D eigenvalue weighted by Gasteiger charge is -2.35. The van der Waals surface area contributed by atoms with Crippen LogP contribution in [-0.4, -0.2) is 29.5 Å². The first-order valence-corrected chi connectivity index (χ1v) is 9.42. The molecule has 0 spiro atoms. The molecule has 2 rings (SSSR count). The normalized spacial score (nSPS) is 25.4. The van der Waals surface area contributed by atoms with Gasteiger partial charge < -0.3 is 10.4 Å². The fraction of sp³-hybridized carbons (Fsp3) is 0.647. The SMILES string of the molecule is CCNC1(CO)CCCC1CCSCc1ccccc1Cl. The number of thioether (sulfide) groups is 1. The van der Waals surface area contributed by atoms with E-state index in [4.69, 9.17) is 11.6 Å². The maximum Gasteiger partial charge on any atom is 0.0616 e. The van der Waals surface area contributed by atoms with E-state index in [1.165, 1.54) is 24.8 Å². The van der Waals surface area contributed by atoms with Gasteiger partial charge in [0, 0.05) is 16.3 Å². The number of rotatable bonds is 8. The number of aliphatic hydroxyl groups excluding tert-OH is 1. The maximum atomic E-state index is 9.80. The van der Waals surface area contributed by atoms with Gasteiger partial charge in [0.1, 0.15) is 0 Å². The van der Waals surface area contributed by atoms with E-state index in [9.17, 15) is 5.11 Å². The number of halogens is 1. The quantitative estimate of drug-likeness (QED) is 0.705. The third-order valence-electron chi connectivity index (χ3n) is 4.59. The summed E-state index contributed by atoms with van der Waals surface area (Å²) >= 11 is 8.13. The Bertz CT molecular complexity index is 443. The lowest BCUT2D eigenvalue weighted by molar-refractivity contribution is 0.124. The molecule has 0 bridgehead atoms. The van der Waals surface area contributed by atoms with Crippen molar-refractivity contribution in [2.24, 2.45) is 5.92 Å². The van der Waals surface area contributed by atoms with Crippen molar-refractivity contribution in [1.82, 2.24) is 5.32 Å². The van der Waals surface area contributed by atoms with Gasteiger partial charge >= 0.3 is 0 Å². The van der Waals surface area contributed by atoms with Gasteiger partial charge in [-0.15, -0.1) is 0 Å². The Balaban J connectivity index is 1.79. The standard InChI is InChI=1S/C17H26ClNOS/c1-2-19-17(13-20)10-5-7-15(17)9-11-21-12-14-6-3-4-8-16(14)18/h3-4,6,8,15,19-20H,2,5,7,9-13H2,1H3. The molecule has 118 valence electrons. The van der Waals surface area contributed by atoms with Crippen LogP contribution < -0.4 is 5.32 Å². The first-order valence-electron chi connectivity index (χ1n) is 7.89. The van der Waals surface area contributed by atoms with Gasteiger partial charge in [-0.05, 0) is 49.1 Å². The summed E-state index contributed by atoms with van der Waals surface area (Å²) < 4.78 is 0. The third-order valence-corrected chi connectivity index (χ3v) is 6.00. The van der Waals surface area contributed by atoms with Gasteiger partial charge in [0.25, 0.3) is 0 Å². The van der Waals surface area contributed by atoms with Crippen LogP contribution in [0.2, 0.25) is 5.02 Å². The van der Waals surface area contributed by atoms with Crippen LogP contribution in [0.25, 0.3) is 0 Å². The molecule has 1 aromatic carbocycles. The van der Waals surface area contributed by atoms with Gasteiger partial charge in [-0.2, -0.15) is 11.8 Å². The average molecular weight is 328 g/mol. The summed E-state index contributed by atoms with van der Waals surface area (Å²) in [7, 11) is 0. The van der Waals surface area contributed by atoms with Crippen molar-refractivity contribution in [2.45, 2.75) is 43.9 Å². The molecule has 1 aromatic rings. The average Bonchev–Trinajstić information content (AvgIpc) is 2.89. The first kappa shape index (κ1) is 17.1. The molecular formula is C17H26ClNOS. The van der Waals surface area contributed by atoms with Crippen LogP contribution in [-0.2, 0) is 5.75 Å². The van der Waals surface area contributed by atoms with Crippen LogP contribution in [0.15, 0.2) is 24.3 Å². The lowest BCUT2D eigenvalue weighted by atomic mass is 9.86. The second-order valence-corrected chi connectivity index (χ2v) is 7.38. The largest absolute Gasteiger partial charge is 0.394 e. The first-order chi connectivity index (χ1) is 10.2. The monoisotopic (exact) mass is 327 g/mol. The Morgan fingerprint density at radius 1 is 1.43 bits per heavy atom. The lowest BCUT2D eigenvalue weighted by Crippen LogP contribution is -2.51. The summed E-state index contributed by atoms with van der Waals surface area (Å²) in [5.74, 6) is 2.70. The molecule has 1 saturated carbocycles. The molecule has 4 heteroatoms. The van der Waals surface area contributed by atoms with Crippen LogP contribution in [0, 0.1) is 5.92 Å². The number of nitrogens with one attached hydrogen (secondary N) is 1. The molecular weight excluding hydrogens is 302 g/mol. The van der Waals surface area contributed by atoms with E-state index >= 15 is 0 Å². The molecule has 0 heterocycles. The van der Waals surface area contributed by atoms with Crippen LogP contribution in [0.1, 0.15) is 38.2 Å². The van der Waals surface area contributed by atoms with Crippen molar-refractivity contribution in [3.8, 4) is 0 Å². The van der Waals surface area contributed by atoms with Crippen LogP contribution in [0.3, 0.4) is 0 Å². The van der Waals surface area contributed by atoms with Gasteiger partial charge in [-0.3, -0.25) is 0 Å². The van der Waals surface area contributed by atoms with Gasteiger partial charge in [0.2, 0.25) is 0 Å². The molecule has 0 radical (unpaired) electrons. The smallest absolute Gasteiger partial charge is 0.0616 e. The number of aliphatic hydroxyl groups is 1. The molecule has 1 fully saturated rings. The van der Waals surface area contributed by atoms with Gasteiger partial charge in [-0.25, -0.2) is 0 Å². The van der Waals surface area contributed by atoms with Crippen molar-refractivity contribution in [2.75, 3.05) is 18.9 Å². The van der Waals surface area contributed by atoms with Crippen molar-refractivity contribution in [3.63, 3.8) is 0 Å². The zero-order valence-corrected chi connectivity index (χ0v) is 14.3. The minimum Gasteiger partial charge on any atom is -0.394 e. The molecule has 0 saturated heterocycles. The van der Waals surface area contributed by atoms with Gasteiger partial charge in [-0.1, -0.05) is 43.1 Å². The summed E-state index contributed by atoms with van der Waals surface area (Å²) in [5.41, 5.74) is 1.19. The van der Waals surface area contributed by atoms with E-state index in [1.807, 2.05) is 30.0 Å². The summed E-state index contributed by atoms with van der Waals surface area (Å²) in [4.78, 5) is 0. The second-order valence-electron chi connectivity index (χ2n) is 5.87. The van der Waals surface area contributed by atoms with E-state index in [-0.39, 0.29) is 12.1 Å². The van der Waals surface area contributed by atoms with E-state index in [2.05, 4.69) is 18.3 Å². The van der Waals surface area contributed by atoms with E-state index in [0.717, 1.165) is 29.5 Å². The molecule has 2 N–H and O–H groups in total. The van der Waals surface area contributed by atoms with Crippen molar-refractivity contribution >= 4 is 23.4 Å². The third kappa shape index (κ3) is 4.38. The zero-order chi connectivity index (χ0) is 15.1. The second kappa shape index (κ2) is 8.42. The van der Waals surface area contributed by atoms with E-state index < -0.39 is 0 Å². The van der Waals surface area contributed by atoms with Crippen molar-refractivity contribution in [1.29, 1.82) is 0 Å². The number of hydrogen-bond donors (Lipinski definition) is 2. The van der Waals surface area contributed by atoms with Crippen LogP contribution >= 0.6 is 23.4 Å². The molecule has 1 aliphatic rings. The summed E-state index contributed by atoms with van der Waals surface area (Å²) in [6.07, 6.45) is 4.74. The van der Waals surface area contributed by atoms with Crippen molar-refractivity contribution in [3.05, 3.63) is 34.9 Å². The van der Waals surface area contributed by atoms with Crippen LogP contribution in [0.4, 0.5) is 0 Å². The summed E-state index contributed by atoms with van der Waals surface area (Å²) in [6, 6.07) is 8.07. The topological polar surface area (TPSA) is 32.3 Å². The fourth-order valence-corrected chi connectivity index (χ4v) is 4.79. The Kier molecular flexibility index (Phi) is 6.87. The van der Waals surface area contributed by atoms with Gasteiger partial charge in [0.15, 0.2) is 0 Å². The molecule has 2 unspecified atom stereocenters. The van der Waals surface area contributed by atoms with E-state index in [0.29, 0.717) is 5.92 Å². The van der Waals surface area contributed by atoms with Crippen molar-refractivity contribution < 1.29 is 5.11 Å². The molecule has 0 amide bonds. The molecule has 1 aliphatic carbocycles. The number of likely N-dealkylation sites (N-methyl/N-ethyl adjacent to an activating group) is 1. The highest BCUT2D eigenvalue weighted by Crippen LogP contribution is 2.38. The highest BCUT2D eigenvalue weighted by atomic mass is 35.5. The number of benzene rings is 1. The molecule has 21 heavy (non-hydrogen) atoms. The Morgan fingerprint density at radius 3 is 2.95 bits per heavy atom. The summed E-state index contributed by atoms with van der Waals surface area (Å²) in [5, 5.41) is 14.2. The Hall–Kier alpha value is -0.220. The predicted octanol–water partition coefficient (Wildman–Crippen LogP) is 4.10. The minimum absolute atomic E-state index is 0.0281. The summed E-state index contributed by atoms with van der Waals surface area (Å²) in [6.45, 7) is 3.32. The van der Waals surface area contributed by atoms with Gasteiger partial charge in [0.05, 0.1) is 6.61 Å². The van der Waals surface area contributed by atoms with Crippen LogP contribution in [0.5, 0.6) is 0 Å². The zero-order valence-electron chi connectivity index (χ0n) is 12.8. The minimum atomic E-state index is -0.0281. The highest BCUT2D eigenvalue weighted by Gasteiger charge is 2.40. The Morgan fingerprint density at radius 2 is 2.24 bits per heavy atom. The number of hydrogen-bond acceptors (Lipinski definition) is 3. The molecule has 2 nitrogen and oxygen atoms in total. The highest BCUT2D eigenvalue weighted by molar-refractivity contribution is 7.98. The molecule has 0 aliphatic heterocycles. The Labute approximate surface area is 137 Å². The molecule has 2 atom stereocenters. The maximum absolute atomic E-state index is 9.80. The predicted molar refractivity (Wildman–Crippen MR) is 93.1 cm³/mol. The van der Waals surface area contributed by atoms with E-state index in [1.54, 1.807) is 0 Å².